The fourth-order valence-corrected chi connectivity index (χ4v) is 2.52. The first-order valence-electron chi connectivity index (χ1n) is 6.08. The molecule has 1 aromatic carbocycles. The maximum absolute atomic E-state index is 11.5. The molecule has 0 heterocycles. The van der Waals surface area contributed by atoms with Crippen LogP contribution < -0.4 is 4.89 Å². The fourth-order valence-electron chi connectivity index (χ4n) is 1.42. The number of phosphoric acid groups is 2. The van der Waals surface area contributed by atoms with Crippen molar-refractivity contribution in [1.29, 1.82) is 0 Å². The molecule has 0 aliphatic rings. The number of carboxylic acid groups (broad SMARTS) is 1. The van der Waals surface area contributed by atoms with Gasteiger partial charge in [-0.05, 0) is 17.7 Å². The smallest absolute Gasteiger partial charge is 0.479 e. The van der Waals surface area contributed by atoms with Crippen LogP contribution in [0.3, 0.4) is 0 Å². The molecule has 25 heavy (non-hydrogen) atoms. The molecule has 1 aromatic rings. The Labute approximate surface area is 140 Å². The highest BCUT2D eigenvalue weighted by atomic mass is 31.2. The van der Waals surface area contributed by atoms with Crippen molar-refractivity contribution in [2.24, 2.45) is 0 Å². The Morgan fingerprint density at radius 2 is 1.64 bits per heavy atom. The Hall–Kier alpha value is -1.37. The van der Waals surface area contributed by atoms with E-state index in [4.69, 9.17) is 10.00 Å². The van der Waals surface area contributed by atoms with Gasteiger partial charge in [0.05, 0.1) is 14.2 Å². The molecule has 3 atom stereocenters. The van der Waals surface area contributed by atoms with Crippen molar-refractivity contribution in [3.63, 3.8) is 0 Å². The number of carbonyl (C=O) groups is 1. The highest BCUT2D eigenvalue weighted by Crippen LogP contribution is 2.48. The minimum Gasteiger partial charge on any atom is -0.479 e. The lowest BCUT2D eigenvalue weighted by Gasteiger charge is -2.17. The topological polar surface area (TPSA) is 177 Å². The van der Waals surface area contributed by atoms with Gasteiger partial charge in [-0.1, -0.05) is 16.8 Å². The van der Waals surface area contributed by atoms with Gasteiger partial charge in [0.1, 0.15) is 0 Å². The van der Waals surface area contributed by atoms with Gasteiger partial charge >= 0.3 is 21.6 Å². The third-order valence-corrected chi connectivity index (χ3v) is 3.60. The quantitative estimate of drug-likeness (QED) is 0.275. The Morgan fingerprint density at radius 1 is 1.04 bits per heavy atom. The summed E-state index contributed by atoms with van der Waals surface area (Å²) in [5.41, 5.74) is -0.178. The van der Waals surface area contributed by atoms with Crippen molar-refractivity contribution >= 4 is 21.6 Å². The zero-order valence-corrected chi connectivity index (χ0v) is 14.5. The van der Waals surface area contributed by atoms with Gasteiger partial charge in [-0.15, -0.1) is 9.35 Å². The normalized spacial score (nSPS) is 17.3. The first-order valence-corrected chi connectivity index (χ1v) is 9.07. The van der Waals surface area contributed by atoms with Crippen LogP contribution in [0.5, 0.6) is 5.75 Å². The van der Waals surface area contributed by atoms with E-state index in [0.29, 0.717) is 0 Å². The summed E-state index contributed by atoms with van der Waals surface area (Å²) in [6, 6.07) is 4.69. The highest BCUT2D eigenvalue weighted by Gasteiger charge is 2.33. The summed E-state index contributed by atoms with van der Waals surface area (Å²) in [7, 11) is -7.63. The van der Waals surface area contributed by atoms with E-state index in [9.17, 15) is 18.8 Å². The van der Waals surface area contributed by atoms with Crippen LogP contribution in [-0.4, -0.2) is 35.1 Å². The average molecular weight is 404 g/mol. The van der Waals surface area contributed by atoms with Gasteiger partial charge in [0.2, 0.25) is 0 Å². The second-order valence-electron chi connectivity index (χ2n) is 3.97. The van der Waals surface area contributed by atoms with Crippen molar-refractivity contribution in [1.82, 2.24) is 0 Å². The second kappa shape index (κ2) is 9.36. The molecule has 0 fully saturated rings. The molecule has 2 unspecified atom stereocenters. The summed E-state index contributed by atoms with van der Waals surface area (Å²) in [6.45, 7) is 0. The molecule has 13 nitrogen and oxygen atoms in total. The lowest BCUT2D eigenvalue weighted by atomic mass is 10.1. The number of benzene rings is 1. The number of hydrogen-bond acceptors (Lipinski definition) is 10. The van der Waals surface area contributed by atoms with Gasteiger partial charge in [-0.3, -0.25) is 9.42 Å². The second-order valence-corrected chi connectivity index (χ2v) is 6.51. The predicted molar refractivity (Wildman–Crippen MR) is 75.5 cm³/mol. The Morgan fingerprint density at radius 3 is 2.20 bits per heavy atom. The van der Waals surface area contributed by atoms with E-state index in [1.165, 1.54) is 18.2 Å². The molecule has 0 radical (unpaired) electrons. The van der Waals surface area contributed by atoms with Crippen molar-refractivity contribution in [3.8, 4) is 5.75 Å². The van der Waals surface area contributed by atoms with Gasteiger partial charge in [-0.25, -0.2) is 23.7 Å². The SMILES string of the molecule is COOP(=O)(O)OOc1cccc([C@H](OP(=O)(O)OOC)C(=O)O)c1. The van der Waals surface area contributed by atoms with Gasteiger partial charge in [0, 0.05) is 0 Å². The number of hydrogen-bond donors (Lipinski definition) is 3. The zero-order chi connectivity index (χ0) is 19.1. The van der Waals surface area contributed by atoms with Crippen LogP contribution in [0.2, 0.25) is 0 Å². The lowest BCUT2D eigenvalue weighted by molar-refractivity contribution is -0.230. The largest absolute Gasteiger partial charge is 0.535 e. The van der Waals surface area contributed by atoms with Crippen LogP contribution in [0.15, 0.2) is 24.3 Å². The van der Waals surface area contributed by atoms with E-state index in [-0.39, 0.29) is 11.3 Å². The van der Waals surface area contributed by atoms with Gasteiger partial charge in [0.25, 0.3) is 0 Å². The summed E-state index contributed by atoms with van der Waals surface area (Å²) >= 11 is 0. The molecule has 0 bridgehead atoms. The maximum atomic E-state index is 11.5. The lowest BCUT2D eigenvalue weighted by Crippen LogP contribution is -2.15. The number of carboxylic acids is 1. The van der Waals surface area contributed by atoms with Crippen molar-refractivity contribution in [3.05, 3.63) is 29.8 Å². The highest BCUT2D eigenvalue weighted by molar-refractivity contribution is 7.47. The molecular formula is C10H14O13P2. The summed E-state index contributed by atoms with van der Waals surface area (Å²) in [6.07, 6.45) is -1.95. The number of aliphatic carboxylic acids is 1. The summed E-state index contributed by atoms with van der Waals surface area (Å²) < 4.78 is 39.2. The molecule has 1 rings (SSSR count). The minimum atomic E-state index is -4.83. The molecule has 0 amide bonds. The summed E-state index contributed by atoms with van der Waals surface area (Å²) in [5, 5.41) is 9.13. The molecule has 0 spiro atoms. The maximum Gasteiger partial charge on any atom is 0.535 e. The summed E-state index contributed by atoms with van der Waals surface area (Å²) in [5.74, 6) is -1.88. The van der Waals surface area contributed by atoms with Gasteiger partial charge < -0.3 is 14.9 Å². The Bertz CT molecular complexity index is 677. The first-order chi connectivity index (χ1) is 11.6. The Balaban J connectivity index is 2.94. The molecule has 0 saturated carbocycles. The zero-order valence-electron chi connectivity index (χ0n) is 12.7. The fraction of sp³-hybridized carbons (Fsp3) is 0.300. The van der Waals surface area contributed by atoms with Crippen LogP contribution >= 0.6 is 15.6 Å². The van der Waals surface area contributed by atoms with E-state index < -0.39 is 27.7 Å². The molecule has 142 valence electrons. The van der Waals surface area contributed by atoms with E-state index in [1.807, 2.05) is 0 Å². The van der Waals surface area contributed by atoms with Crippen molar-refractivity contribution in [2.75, 3.05) is 14.2 Å². The first kappa shape index (κ1) is 21.7. The van der Waals surface area contributed by atoms with Crippen LogP contribution in [0, 0.1) is 0 Å². The average Bonchev–Trinajstić information content (AvgIpc) is 2.51. The summed E-state index contributed by atoms with van der Waals surface area (Å²) in [4.78, 5) is 42.1. The van der Waals surface area contributed by atoms with E-state index in [0.717, 1.165) is 20.3 Å². The standard InChI is InChI=1S/C10H14O13P2/c1-17-21-24(13,14)20-9(10(11)12)7-4-3-5-8(6-7)19-23-25(15,16)22-18-2/h3-6,9H,1-2H3,(H,11,12)(H,13,14)(H,15,16)/t9-/m0/s1. The number of phosphoric ester groups is 1. The molecule has 3 N–H and O–H groups in total. The van der Waals surface area contributed by atoms with Crippen LogP contribution in [0.1, 0.15) is 11.7 Å². The molecule has 0 aliphatic carbocycles. The molecule has 0 saturated heterocycles. The Kier molecular flexibility index (Phi) is 8.12. The molecule has 0 aromatic heterocycles. The van der Waals surface area contributed by atoms with Crippen LogP contribution in [0.25, 0.3) is 0 Å². The number of rotatable bonds is 11. The minimum absolute atomic E-state index is 0.178. The predicted octanol–water partition coefficient (Wildman–Crippen LogP) is 1.50. The van der Waals surface area contributed by atoms with Crippen LogP contribution in [-0.2, 0) is 42.2 Å². The molecule has 15 heteroatoms. The molecule has 0 aliphatic heterocycles. The third kappa shape index (κ3) is 7.59. The van der Waals surface area contributed by atoms with Crippen molar-refractivity contribution < 1.29 is 62.0 Å². The van der Waals surface area contributed by atoms with Gasteiger partial charge in [0.15, 0.2) is 11.9 Å². The third-order valence-electron chi connectivity index (χ3n) is 2.19. The van der Waals surface area contributed by atoms with E-state index >= 15 is 0 Å². The van der Waals surface area contributed by atoms with Crippen molar-refractivity contribution in [2.45, 2.75) is 6.10 Å². The van der Waals surface area contributed by atoms with Crippen LogP contribution in [0.4, 0.5) is 0 Å². The van der Waals surface area contributed by atoms with E-state index in [1.54, 1.807) is 0 Å². The van der Waals surface area contributed by atoms with Gasteiger partial charge in [-0.2, -0.15) is 0 Å². The monoisotopic (exact) mass is 404 g/mol. The molecular weight excluding hydrogens is 390 g/mol. The van der Waals surface area contributed by atoms with E-state index in [2.05, 4.69) is 33.2 Å².